The molecular formula is C16H15NO. The van der Waals surface area contributed by atoms with Gasteiger partial charge in [0.2, 0.25) is 0 Å². The summed E-state index contributed by atoms with van der Waals surface area (Å²) in [6, 6.07) is 8.67. The van der Waals surface area contributed by atoms with Crippen molar-refractivity contribution in [2.45, 2.75) is 18.4 Å². The predicted molar refractivity (Wildman–Crippen MR) is 70.2 cm³/mol. The lowest BCUT2D eigenvalue weighted by Gasteiger charge is -2.43. The van der Waals surface area contributed by atoms with Crippen molar-refractivity contribution in [3.05, 3.63) is 59.2 Å². The van der Waals surface area contributed by atoms with Crippen LogP contribution in [0.1, 0.15) is 17.5 Å². The molecule has 0 N–H and O–H groups in total. The molecule has 1 fully saturated rings. The molecule has 1 atom stereocenters. The number of hydrogen-bond donors (Lipinski definition) is 0. The molecule has 0 aromatic heterocycles. The number of carbonyl (C=O) groups is 1. The molecule has 0 saturated carbocycles. The van der Waals surface area contributed by atoms with Gasteiger partial charge < -0.3 is 0 Å². The number of rotatable bonds is 0. The van der Waals surface area contributed by atoms with E-state index in [9.17, 15) is 4.79 Å². The second kappa shape index (κ2) is 3.42. The van der Waals surface area contributed by atoms with E-state index in [4.69, 9.17) is 0 Å². The first kappa shape index (κ1) is 10.3. The Labute approximate surface area is 107 Å². The summed E-state index contributed by atoms with van der Waals surface area (Å²) in [6.45, 7) is 2.16. The molecule has 2 heterocycles. The molecule has 90 valence electrons. The number of carbonyl (C=O) groups excluding carboxylic acids is 1. The maximum absolute atomic E-state index is 11.6. The van der Waals surface area contributed by atoms with Crippen LogP contribution in [-0.4, -0.2) is 23.8 Å². The van der Waals surface area contributed by atoms with Crippen molar-refractivity contribution in [3.63, 3.8) is 0 Å². The third-order valence-electron chi connectivity index (χ3n) is 4.52. The lowest BCUT2D eigenvalue weighted by Crippen LogP contribution is -2.46. The first-order valence-corrected chi connectivity index (χ1v) is 6.58. The minimum atomic E-state index is -0.108. The van der Waals surface area contributed by atoms with E-state index in [1.54, 1.807) is 6.08 Å². The Hall–Kier alpha value is -1.67. The summed E-state index contributed by atoms with van der Waals surface area (Å²) in [5.74, 6) is 0.139. The van der Waals surface area contributed by atoms with Crippen molar-refractivity contribution >= 4 is 5.78 Å². The van der Waals surface area contributed by atoms with E-state index in [1.807, 2.05) is 6.08 Å². The van der Waals surface area contributed by atoms with E-state index in [2.05, 4.69) is 35.2 Å². The van der Waals surface area contributed by atoms with E-state index < -0.39 is 0 Å². The third-order valence-corrected chi connectivity index (χ3v) is 4.52. The standard InChI is InChI=1S/C16H15NO/c18-14-5-8-16-13(11-14)7-10-17(16)9-6-12-3-1-2-4-15(12)16/h1-5,8,11H,6-7,9-10H2. The zero-order valence-corrected chi connectivity index (χ0v) is 10.2. The predicted octanol–water partition coefficient (Wildman–Crippen LogP) is 2.21. The average molecular weight is 237 g/mol. The highest BCUT2D eigenvalue weighted by Gasteiger charge is 2.48. The van der Waals surface area contributed by atoms with Crippen LogP contribution in [0.25, 0.3) is 0 Å². The largest absolute Gasteiger partial charge is 0.290 e. The number of allylic oxidation sites excluding steroid dienone is 2. The third kappa shape index (κ3) is 1.14. The first-order valence-electron chi connectivity index (χ1n) is 6.58. The number of fused-ring (bicyclic) bond motifs is 1. The summed E-state index contributed by atoms with van der Waals surface area (Å²) < 4.78 is 0. The normalized spacial score (nSPS) is 29.6. The molecule has 18 heavy (non-hydrogen) atoms. The van der Waals surface area contributed by atoms with Crippen molar-refractivity contribution in [2.75, 3.05) is 13.1 Å². The Morgan fingerprint density at radius 1 is 1.11 bits per heavy atom. The highest BCUT2D eigenvalue weighted by atomic mass is 16.1. The van der Waals surface area contributed by atoms with Gasteiger partial charge in [-0.05, 0) is 41.7 Å². The fourth-order valence-electron chi connectivity index (χ4n) is 3.73. The van der Waals surface area contributed by atoms with E-state index in [0.29, 0.717) is 0 Å². The molecule has 1 aliphatic carbocycles. The number of hydrogen-bond acceptors (Lipinski definition) is 2. The molecule has 4 rings (SSSR count). The van der Waals surface area contributed by atoms with Crippen LogP contribution in [0.3, 0.4) is 0 Å². The molecule has 1 aromatic rings. The van der Waals surface area contributed by atoms with Crippen molar-refractivity contribution in [1.82, 2.24) is 4.90 Å². The van der Waals surface area contributed by atoms with Gasteiger partial charge in [-0.3, -0.25) is 9.69 Å². The summed E-state index contributed by atoms with van der Waals surface area (Å²) in [7, 11) is 0. The lowest BCUT2D eigenvalue weighted by molar-refractivity contribution is -0.110. The van der Waals surface area contributed by atoms with Gasteiger partial charge in [-0.15, -0.1) is 0 Å². The van der Waals surface area contributed by atoms with Crippen molar-refractivity contribution in [1.29, 1.82) is 0 Å². The Kier molecular flexibility index (Phi) is 1.95. The Morgan fingerprint density at radius 2 is 1.94 bits per heavy atom. The van der Waals surface area contributed by atoms with Gasteiger partial charge in [-0.1, -0.05) is 30.3 Å². The highest BCUT2D eigenvalue weighted by molar-refractivity contribution is 6.01. The molecule has 1 spiro atoms. The van der Waals surface area contributed by atoms with Crippen LogP contribution in [0.5, 0.6) is 0 Å². The fraction of sp³-hybridized carbons (Fsp3) is 0.312. The lowest BCUT2D eigenvalue weighted by atomic mass is 9.75. The molecule has 2 aliphatic heterocycles. The molecule has 2 nitrogen and oxygen atoms in total. The number of ketones is 1. The van der Waals surface area contributed by atoms with E-state index >= 15 is 0 Å². The van der Waals surface area contributed by atoms with Crippen LogP contribution >= 0.6 is 0 Å². The van der Waals surface area contributed by atoms with Gasteiger partial charge in [-0.2, -0.15) is 0 Å². The van der Waals surface area contributed by atoms with Gasteiger partial charge in [0.15, 0.2) is 5.78 Å². The quantitative estimate of drug-likeness (QED) is 0.689. The van der Waals surface area contributed by atoms with E-state index in [0.717, 1.165) is 25.9 Å². The SMILES string of the molecule is O=C1C=CC23C(=C1)CCN2CCc1ccccc13. The summed E-state index contributed by atoms with van der Waals surface area (Å²) in [5, 5.41) is 0. The maximum Gasteiger partial charge on any atom is 0.178 e. The Bertz CT molecular complexity index is 599. The van der Waals surface area contributed by atoms with Gasteiger partial charge in [0.05, 0.1) is 5.54 Å². The Balaban J connectivity index is 2.00. The van der Waals surface area contributed by atoms with Crippen LogP contribution < -0.4 is 0 Å². The summed E-state index contributed by atoms with van der Waals surface area (Å²) in [6.07, 6.45) is 7.85. The molecule has 1 aromatic carbocycles. The molecule has 2 heteroatoms. The van der Waals surface area contributed by atoms with Crippen LogP contribution in [0.4, 0.5) is 0 Å². The van der Waals surface area contributed by atoms with E-state index in [-0.39, 0.29) is 11.3 Å². The second-order valence-corrected chi connectivity index (χ2v) is 5.32. The maximum atomic E-state index is 11.6. The van der Waals surface area contributed by atoms with Gasteiger partial charge in [0.1, 0.15) is 0 Å². The molecule has 0 amide bonds. The van der Waals surface area contributed by atoms with Crippen LogP contribution in [-0.2, 0) is 16.8 Å². The molecule has 1 unspecified atom stereocenters. The molecule has 0 bridgehead atoms. The minimum Gasteiger partial charge on any atom is -0.290 e. The van der Waals surface area contributed by atoms with Gasteiger partial charge in [-0.25, -0.2) is 0 Å². The topological polar surface area (TPSA) is 20.3 Å². The average Bonchev–Trinajstić information content (AvgIpc) is 2.78. The fourth-order valence-corrected chi connectivity index (χ4v) is 3.73. The van der Waals surface area contributed by atoms with Crippen LogP contribution in [0, 0.1) is 0 Å². The molecule has 1 saturated heterocycles. The monoisotopic (exact) mass is 237 g/mol. The smallest absolute Gasteiger partial charge is 0.178 e. The van der Waals surface area contributed by atoms with Crippen molar-refractivity contribution < 1.29 is 4.79 Å². The molecular weight excluding hydrogens is 222 g/mol. The zero-order valence-electron chi connectivity index (χ0n) is 10.2. The first-order chi connectivity index (χ1) is 8.80. The van der Waals surface area contributed by atoms with E-state index in [1.165, 1.54) is 16.7 Å². The number of benzene rings is 1. The highest BCUT2D eigenvalue weighted by Crippen LogP contribution is 2.49. The number of nitrogens with zero attached hydrogens (tertiary/aromatic N) is 1. The zero-order chi connectivity index (χ0) is 12.2. The Morgan fingerprint density at radius 3 is 2.89 bits per heavy atom. The van der Waals surface area contributed by atoms with Gasteiger partial charge in [0, 0.05) is 13.1 Å². The summed E-state index contributed by atoms with van der Waals surface area (Å²) >= 11 is 0. The van der Waals surface area contributed by atoms with Gasteiger partial charge in [0.25, 0.3) is 0 Å². The van der Waals surface area contributed by atoms with Crippen LogP contribution in [0.15, 0.2) is 48.1 Å². The van der Waals surface area contributed by atoms with Gasteiger partial charge >= 0.3 is 0 Å². The van der Waals surface area contributed by atoms with Crippen molar-refractivity contribution in [2.24, 2.45) is 0 Å². The summed E-state index contributed by atoms with van der Waals surface area (Å²) in [5.41, 5.74) is 3.98. The molecule has 0 radical (unpaired) electrons. The summed E-state index contributed by atoms with van der Waals surface area (Å²) in [4.78, 5) is 14.1. The second-order valence-electron chi connectivity index (χ2n) is 5.32. The van der Waals surface area contributed by atoms with Crippen molar-refractivity contribution in [3.8, 4) is 0 Å². The molecule has 3 aliphatic rings. The minimum absolute atomic E-state index is 0.108. The van der Waals surface area contributed by atoms with Crippen LogP contribution in [0.2, 0.25) is 0 Å².